The van der Waals surface area contributed by atoms with Crippen LogP contribution in [-0.4, -0.2) is 25.7 Å². The molecule has 18 heavy (non-hydrogen) atoms. The van der Waals surface area contributed by atoms with Crippen molar-refractivity contribution in [2.24, 2.45) is 5.14 Å². The van der Waals surface area contributed by atoms with Gasteiger partial charge < -0.3 is 4.74 Å². The van der Waals surface area contributed by atoms with Crippen LogP contribution in [0.1, 0.15) is 12.0 Å². The lowest BCUT2D eigenvalue weighted by Gasteiger charge is -2.08. The second-order valence-electron chi connectivity index (χ2n) is 3.75. The van der Waals surface area contributed by atoms with E-state index in [4.69, 9.17) is 9.88 Å². The molecule has 0 radical (unpaired) electrons. The van der Waals surface area contributed by atoms with E-state index in [1.54, 1.807) is 19.1 Å². The summed E-state index contributed by atoms with van der Waals surface area (Å²) in [6.45, 7) is 1.74. The largest absolute Gasteiger partial charge is 0.487 e. The Hall–Kier alpha value is -1.67. The Labute approximate surface area is 105 Å². The van der Waals surface area contributed by atoms with Crippen LogP contribution in [0.5, 0.6) is 5.75 Å². The lowest BCUT2D eigenvalue weighted by molar-refractivity contribution is -0.385. The number of hydrogen-bond donors (Lipinski definition) is 1. The average Bonchev–Trinajstić information content (AvgIpc) is 2.24. The normalized spacial score (nSPS) is 11.2. The fourth-order valence-electron chi connectivity index (χ4n) is 1.40. The first kappa shape index (κ1) is 14.4. The molecule has 2 N–H and O–H groups in total. The number of hydrogen-bond acceptors (Lipinski definition) is 5. The Morgan fingerprint density at radius 2 is 2.11 bits per heavy atom. The van der Waals surface area contributed by atoms with Crippen molar-refractivity contribution in [2.45, 2.75) is 13.3 Å². The SMILES string of the molecule is Cc1cccc([N+](=O)[O-])c1OCCCS(N)(=O)=O. The first-order valence-corrected chi connectivity index (χ1v) is 6.90. The molecular weight excluding hydrogens is 260 g/mol. The summed E-state index contributed by atoms with van der Waals surface area (Å²) in [5.74, 6) is -0.0518. The molecule has 1 aromatic rings. The van der Waals surface area contributed by atoms with Gasteiger partial charge in [-0.25, -0.2) is 13.6 Å². The minimum atomic E-state index is -3.53. The van der Waals surface area contributed by atoms with Gasteiger partial charge >= 0.3 is 5.69 Å². The summed E-state index contributed by atoms with van der Waals surface area (Å²) in [6.07, 6.45) is 0.185. The second-order valence-corrected chi connectivity index (χ2v) is 5.48. The smallest absolute Gasteiger partial charge is 0.311 e. The summed E-state index contributed by atoms with van der Waals surface area (Å²) in [6, 6.07) is 4.58. The van der Waals surface area contributed by atoms with Crippen molar-refractivity contribution in [2.75, 3.05) is 12.4 Å². The molecule has 0 saturated heterocycles. The van der Waals surface area contributed by atoms with Gasteiger partial charge in [0.05, 0.1) is 17.3 Å². The number of nitro groups is 1. The molecule has 0 aliphatic heterocycles. The van der Waals surface area contributed by atoms with Crippen LogP contribution >= 0.6 is 0 Å². The van der Waals surface area contributed by atoms with Crippen LogP contribution in [0.15, 0.2) is 18.2 Å². The molecule has 100 valence electrons. The zero-order chi connectivity index (χ0) is 13.8. The molecular formula is C10H14N2O5S. The zero-order valence-electron chi connectivity index (χ0n) is 9.83. The van der Waals surface area contributed by atoms with Crippen molar-refractivity contribution in [3.05, 3.63) is 33.9 Å². The van der Waals surface area contributed by atoms with Gasteiger partial charge in [0.1, 0.15) is 0 Å². The van der Waals surface area contributed by atoms with Gasteiger partial charge in [-0.1, -0.05) is 12.1 Å². The van der Waals surface area contributed by atoms with Gasteiger partial charge in [0.15, 0.2) is 5.75 Å². The Morgan fingerprint density at radius 1 is 1.44 bits per heavy atom. The van der Waals surface area contributed by atoms with Gasteiger partial charge in [0.25, 0.3) is 0 Å². The molecule has 0 aliphatic carbocycles. The Balaban J connectivity index is 2.70. The number of primary sulfonamides is 1. The van der Waals surface area contributed by atoms with Crippen molar-refractivity contribution in [3.63, 3.8) is 0 Å². The Bertz CT molecular complexity index is 541. The van der Waals surface area contributed by atoms with Gasteiger partial charge in [-0.15, -0.1) is 0 Å². The molecule has 0 saturated carbocycles. The van der Waals surface area contributed by atoms with Crippen LogP contribution < -0.4 is 9.88 Å². The highest BCUT2D eigenvalue weighted by molar-refractivity contribution is 7.89. The standard InChI is InChI=1S/C10H14N2O5S/c1-8-4-2-5-9(12(13)14)10(8)17-6-3-7-18(11,15)16/h2,4-5H,3,6-7H2,1H3,(H2,11,15,16). The number of nitro benzene ring substituents is 1. The predicted molar refractivity (Wildman–Crippen MR) is 65.9 cm³/mol. The molecule has 0 heterocycles. The summed E-state index contributed by atoms with van der Waals surface area (Å²) >= 11 is 0. The molecule has 0 unspecified atom stereocenters. The van der Waals surface area contributed by atoms with Gasteiger partial charge in [0, 0.05) is 6.07 Å². The fourth-order valence-corrected chi connectivity index (χ4v) is 1.92. The van der Waals surface area contributed by atoms with E-state index in [0.29, 0.717) is 5.56 Å². The third kappa shape index (κ3) is 4.30. The van der Waals surface area contributed by atoms with E-state index in [-0.39, 0.29) is 30.2 Å². The third-order valence-corrected chi connectivity index (χ3v) is 3.07. The maximum Gasteiger partial charge on any atom is 0.311 e. The second kappa shape index (κ2) is 5.78. The zero-order valence-corrected chi connectivity index (χ0v) is 10.6. The summed E-state index contributed by atoms with van der Waals surface area (Å²) in [7, 11) is -3.53. The average molecular weight is 274 g/mol. The lowest BCUT2D eigenvalue weighted by Crippen LogP contribution is -2.18. The predicted octanol–water partition coefficient (Wildman–Crippen LogP) is 0.961. The van der Waals surface area contributed by atoms with Crippen LogP contribution in [0.3, 0.4) is 0 Å². The lowest BCUT2D eigenvalue weighted by atomic mass is 10.2. The fraction of sp³-hybridized carbons (Fsp3) is 0.400. The highest BCUT2D eigenvalue weighted by Gasteiger charge is 2.16. The molecule has 0 spiro atoms. The Kier molecular flexibility index (Phi) is 4.62. The van der Waals surface area contributed by atoms with E-state index in [2.05, 4.69) is 0 Å². The van der Waals surface area contributed by atoms with Crippen molar-refractivity contribution < 1.29 is 18.1 Å². The summed E-state index contributed by atoms with van der Waals surface area (Å²) in [5, 5.41) is 15.6. The van der Waals surface area contributed by atoms with E-state index in [1.807, 2.05) is 0 Å². The third-order valence-electron chi connectivity index (χ3n) is 2.21. The molecule has 0 aliphatic rings. The summed E-state index contributed by atoms with van der Waals surface area (Å²) in [4.78, 5) is 10.2. The minimum Gasteiger partial charge on any atom is -0.487 e. The van der Waals surface area contributed by atoms with E-state index >= 15 is 0 Å². The molecule has 0 aromatic heterocycles. The summed E-state index contributed by atoms with van der Waals surface area (Å²) in [5.41, 5.74) is 0.491. The minimum absolute atomic E-state index is 0.0577. The first-order chi connectivity index (χ1) is 8.31. The Morgan fingerprint density at radius 3 is 2.67 bits per heavy atom. The number of nitrogens with zero attached hydrogens (tertiary/aromatic N) is 1. The molecule has 0 bridgehead atoms. The number of nitrogens with two attached hydrogens (primary N) is 1. The van der Waals surface area contributed by atoms with Gasteiger partial charge in [-0.05, 0) is 18.9 Å². The van der Waals surface area contributed by atoms with Gasteiger partial charge in [-0.2, -0.15) is 0 Å². The van der Waals surface area contributed by atoms with Crippen LogP contribution in [0.4, 0.5) is 5.69 Å². The highest BCUT2D eigenvalue weighted by Crippen LogP contribution is 2.30. The highest BCUT2D eigenvalue weighted by atomic mass is 32.2. The molecule has 1 rings (SSSR count). The van der Waals surface area contributed by atoms with E-state index < -0.39 is 14.9 Å². The number of para-hydroxylation sites is 1. The number of aryl methyl sites for hydroxylation is 1. The van der Waals surface area contributed by atoms with E-state index in [9.17, 15) is 18.5 Å². The maximum absolute atomic E-state index is 10.8. The molecule has 0 fully saturated rings. The van der Waals surface area contributed by atoms with E-state index in [1.165, 1.54) is 6.07 Å². The molecule has 8 heteroatoms. The maximum atomic E-state index is 10.8. The monoisotopic (exact) mass is 274 g/mol. The number of benzene rings is 1. The van der Waals surface area contributed by atoms with Crippen LogP contribution in [0.25, 0.3) is 0 Å². The number of sulfonamides is 1. The number of ether oxygens (including phenoxy) is 1. The van der Waals surface area contributed by atoms with Gasteiger partial charge in [0.2, 0.25) is 10.0 Å². The van der Waals surface area contributed by atoms with Crippen molar-refractivity contribution >= 4 is 15.7 Å². The van der Waals surface area contributed by atoms with Crippen LogP contribution in [-0.2, 0) is 10.0 Å². The van der Waals surface area contributed by atoms with Crippen LogP contribution in [0, 0.1) is 17.0 Å². The summed E-state index contributed by atoms with van der Waals surface area (Å²) < 4.78 is 26.7. The first-order valence-electron chi connectivity index (χ1n) is 5.18. The van der Waals surface area contributed by atoms with Crippen molar-refractivity contribution in [1.82, 2.24) is 0 Å². The van der Waals surface area contributed by atoms with Gasteiger partial charge in [-0.3, -0.25) is 10.1 Å². The van der Waals surface area contributed by atoms with E-state index in [0.717, 1.165) is 0 Å². The van der Waals surface area contributed by atoms with Crippen molar-refractivity contribution in [3.8, 4) is 5.75 Å². The molecule has 1 aromatic carbocycles. The molecule has 0 atom stereocenters. The van der Waals surface area contributed by atoms with Crippen LogP contribution in [0.2, 0.25) is 0 Å². The number of rotatable bonds is 6. The quantitative estimate of drug-likeness (QED) is 0.471. The molecule has 7 nitrogen and oxygen atoms in total. The molecule has 0 amide bonds. The van der Waals surface area contributed by atoms with Crippen molar-refractivity contribution in [1.29, 1.82) is 0 Å². The topological polar surface area (TPSA) is 113 Å².